The average molecular weight is 237 g/mol. The van der Waals surface area contributed by atoms with E-state index in [2.05, 4.69) is 32.9 Å². The first-order valence-corrected chi connectivity index (χ1v) is 5.86. The van der Waals surface area contributed by atoms with Gasteiger partial charge in [0.15, 0.2) is 0 Å². The molecule has 0 N–H and O–H groups in total. The minimum absolute atomic E-state index is 0.573. The number of benzene rings is 2. The van der Waals surface area contributed by atoms with Gasteiger partial charge in [0.05, 0.1) is 0 Å². The Morgan fingerprint density at radius 3 is 2.00 bits per heavy atom. The highest BCUT2D eigenvalue weighted by atomic mass is 16.5. The molecule has 90 valence electrons. The van der Waals surface area contributed by atoms with Crippen molar-refractivity contribution in [2.24, 2.45) is 0 Å². The minimum atomic E-state index is 0.573. The summed E-state index contributed by atoms with van der Waals surface area (Å²) in [5.41, 5.74) is 6.21. The number of hydrogen-bond donors (Lipinski definition) is 0. The molecule has 0 unspecified atom stereocenters. The van der Waals surface area contributed by atoms with Crippen molar-refractivity contribution in [3.05, 3.63) is 53.1 Å². The van der Waals surface area contributed by atoms with Gasteiger partial charge in [-0.05, 0) is 55.2 Å². The second-order valence-electron chi connectivity index (χ2n) is 4.49. The molecule has 0 radical (unpaired) electrons. The third-order valence-electron chi connectivity index (χ3n) is 2.98. The predicted octanol–water partition coefficient (Wildman–Crippen LogP) is 4.14. The van der Waals surface area contributed by atoms with E-state index in [-0.39, 0.29) is 0 Å². The minimum Gasteiger partial charge on any atom is -0.388 e. The third kappa shape index (κ3) is 2.36. The number of nitriles is 1. The zero-order valence-electron chi connectivity index (χ0n) is 10.8. The van der Waals surface area contributed by atoms with Crippen LogP contribution in [0.1, 0.15) is 16.7 Å². The molecule has 0 heterocycles. The Hall–Kier alpha value is -2.27. The van der Waals surface area contributed by atoms with Gasteiger partial charge >= 0.3 is 0 Å². The topological polar surface area (TPSA) is 33.0 Å². The molecule has 0 saturated carbocycles. The van der Waals surface area contributed by atoms with Gasteiger partial charge in [-0.25, -0.2) is 0 Å². The fourth-order valence-corrected chi connectivity index (χ4v) is 2.38. The summed E-state index contributed by atoms with van der Waals surface area (Å²) in [4.78, 5) is 0. The normalized spacial score (nSPS) is 9.89. The lowest BCUT2D eigenvalue weighted by Crippen LogP contribution is -1.90. The van der Waals surface area contributed by atoms with Gasteiger partial charge in [0.25, 0.3) is 6.26 Å². The summed E-state index contributed by atoms with van der Waals surface area (Å²) in [7, 11) is 0. The van der Waals surface area contributed by atoms with Crippen molar-refractivity contribution in [3.8, 4) is 23.1 Å². The molecule has 2 aromatic carbocycles. The van der Waals surface area contributed by atoms with Crippen molar-refractivity contribution in [1.82, 2.24) is 0 Å². The zero-order valence-corrected chi connectivity index (χ0v) is 10.8. The highest BCUT2D eigenvalue weighted by Gasteiger charge is 2.06. The molecule has 0 aliphatic rings. The van der Waals surface area contributed by atoms with Crippen LogP contribution in [0.3, 0.4) is 0 Å². The summed E-state index contributed by atoms with van der Waals surface area (Å²) in [5, 5.41) is 8.45. The van der Waals surface area contributed by atoms with Gasteiger partial charge in [-0.2, -0.15) is 0 Å². The molecule has 18 heavy (non-hydrogen) atoms. The van der Waals surface area contributed by atoms with Crippen LogP contribution in [-0.4, -0.2) is 0 Å². The van der Waals surface area contributed by atoms with Gasteiger partial charge in [0.1, 0.15) is 5.75 Å². The number of nitrogens with zero attached hydrogens (tertiary/aromatic N) is 1. The van der Waals surface area contributed by atoms with Crippen molar-refractivity contribution < 1.29 is 4.74 Å². The van der Waals surface area contributed by atoms with Gasteiger partial charge in [0, 0.05) is 0 Å². The van der Waals surface area contributed by atoms with Gasteiger partial charge in [-0.15, -0.1) is 5.26 Å². The van der Waals surface area contributed by atoms with Crippen LogP contribution in [-0.2, 0) is 0 Å². The number of ether oxygens (including phenoxy) is 1. The second-order valence-corrected chi connectivity index (χ2v) is 4.49. The van der Waals surface area contributed by atoms with Gasteiger partial charge in [0.2, 0.25) is 0 Å². The van der Waals surface area contributed by atoms with E-state index in [0.29, 0.717) is 5.75 Å². The monoisotopic (exact) mass is 237 g/mol. The van der Waals surface area contributed by atoms with Crippen molar-refractivity contribution in [3.63, 3.8) is 0 Å². The van der Waals surface area contributed by atoms with Crippen LogP contribution in [0, 0.1) is 32.3 Å². The molecule has 0 fully saturated rings. The standard InChI is InChI=1S/C16H15NO/c1-11-8-12(2)16(13(3)9-11)14-4-6-15(7-5-14)18-10-17/h4-9H,1-3H3. The summed E-state index contributed by atoms with van der Waals surface area (Å²) < 4.78 is 4.78. The maximum atomic E-state index is 8.45. The highest BCUT2D eigenvalue weighted by Crippen LogP contribution is 2.29. The molecule has 0 aliphatic heterocycles. The van der Waals surface area contributed by atoms with Gasteiger partial charge < -0.3 is 4.74 Å². The maximum Gasteiger partial charge on any atom is 0.292 e. The average Bonchev–Trinajstić information content (AvgIpc) is 2.30. The lowest BCUT2D eigenvalue weighted by atomic mass is 9.94. The molecule has 2 heteroatoms. The van der Waals surface area contributed by atoms with E-state index in [1.807, 2.05) is 24.3 Å². The highest BCUT2D eigenvalue weighted by molar-refractivity contribution is 5.71. The van der Waals surface area contributed by atoms with Crippen LogP contribution in [0.15, 0.2) is 36.4 Å². The molecule has 2 nitrogen and oxygen atoms in total. The zero-order chi connectivity index (χ0) is 13.1. The number of aryl methyl sites for hydroxylation is 3. The summed E-state index contributed by atoms with van der Waals surface area (Å²) in [6.45, 7) is 6.34. The van der Waals surface area contributed by atoms with E-state index in [1.54, 1.807) is 6.26 Å². The van der Waals surface area contributed by atoms with E-state index in [4.69, 9.17) is 10.00 Å². The Bertz CT molecular complexity index is 583. The largest absolute Gasteiger partial charge is 0.388 e. The molecular weight excluding hydrogens is 222 g/mol. The lowest BCUT2D eigenvalue weighted by Gasteiger charge is -2.11. The van der Waals surface area contributed by atoms with E-state index >= 15 is 0 Å². The van der Waals surface area contributed by atoms with Crippen LogP contribution in [0.2, 0.25) is 0 Å². The van der Waals surface area contributed by atoms with Crippen LogP contribution in [0.4, 0.5) is 0 Å². The lowest BCUT2D eigenvalue weighted by molar-refractivity contribution is 0.507. The fourth-order valence-electron chi connectivity index (χ4n) is 2.38. The summed E-state index contributed by atoms with van der Waals surface area (Å²) in [6, 6.07) is 12.0. The van der Waals surface area contributed by atoms with E-state index < -0.39 is 0 Å². The van der Waals surface area contributed by atoms with E-state index in [9.17, 15) is 0 Å². The van der Waals surface area contributed by atoms with Crippen molar-refractivity contribution in [1.29, 1.82) is 5.26 Å². The van der Waals surface area contributed by atoms with E-state index in [1.165, 1.54) is 22.3 Å². The Morgan fingerprint density at radius 2 is 1.50 bits per heavy atom. The summed E-state index contributed by atoms with van der Waals surface area (Å²) >= 11 is 0. The Morgan fingerprint density at radius 1 is 0.944 bits per heavy atom. The Balaban J connectivity index is 2.46. The molecule has 0 spiro atoms. The van der Waals surface area contributed by atoms with Gasteiger partial charge in [-0.1, -0.05) is 29.8 Å². The maximum absolute atomic E-state index is 8.45. The van der Waals surface area contributed by atoms with Gasteiger partial charge in [-0.3, -0.25) is 0 Å². The predicted molar refractivity (Wildman–Crippen MR) is 72.3 cm³/mol. The SMILES string of the molecule is Cc1cc(C)c(-c2ccc(OC#N)cc2)c(C)c1. The third-order valence-corrected chi connectivity index (χ3v) is 2.98. The molecule has 0 bridgehead atoms. The van der Waals surface area contributed by atoms with E-state index in [0.717, 1.165) is 5.56 Å². The molecule has 0 amide bonds. The number of rotatable bonds is 2. The molecule has 0 atom stereocenters. The molecule has 0 aliphatic carbocycles. The quantitative estimate of drug-likeness (QED) is 0.735. The fraction of sp³-hybridized carbons (Fsp3) is 0.188. The molecular formula is C16H15NO. The van der Waals surface area contributed by atoms with Crippen molar-refractivity contribution >= 4 is 0 Å². The summed E-state index contributed by atoms with van der Waals surface area (Å²) in [6.07, 6.45) is 1.67. The van der Waals surface area contributed by atoms with Crippen LogP contribution >= 0.6 is 0 Å². The molecule has 2 aromatic rings. The van der Waals surface area contributed by atoms with Crippen molar-refractivity contribution in [2.75, 3.05) is 0 Å². The first kappa shape index (κ1) is 12.2. The van der Waals surface area contributed by atoms with Crippen molar-refractivity contribution in [2.45, 2.75) is 20.8 Å². The molecule has 2 rings (SSSR count). The first-order valence-electron chi connectivity index (χ1n) is 5.86. The Kier molecular flexibility index (Phi) is 3.34. The molecule has 0 aromatic heterocycles. The number of hydrogen-bond acceptors (Lipinski definition) is 2. The second kappa shape index (κ2) is 4.93. The smallest absolute Gasteiger partial charge is 0.292 e. The van der Waals surface area contributed by atoms with Crippen LogP contribution < -0.4 is 4.74 Å². The first-order chi connectivity index (χ1) is 8.61. The van der Waals surface area contributed by atoms with Crippen LogP contribution in [0.5, 0.6) is 5.75 Å². The Labute approximate surface area is 107 Å². The van der Waals surface area contributed by atoms with Crippen LogP contribution in [0.25, 0.3) is 11.1 Å². The summed E-state index contributed by atoms with van der Waals surface area (Å²) in [5.74, 6) is 0.573. The molecule has 0 saturated heterocycles.